The van der Waals surface area contributed by atoms with Crippen LogP contribution in [0.1, 0.15) is 39.2 Å². The smallest absolute Gasteiger partial charge is 0.0317 e. The second-order valence-corrected chi connectivity index (χ2v) is 4.47. The Kier molecular flexibility index (Phi) is 5.33. The van der Waals surface area contributed by atoms with Crippen molar-refractivity contribution in [3.8, 4) is 0 Å². The van der Waals surface area contributed by atoms with Crippen LogP contribution in [-0.4, -0.2) is 17.5 Å². The zero-order chi connectivity index (χ0) is 12.0. The summed E-state index contributed by atoms with van der Waals surface area (Å²) in [7, 11) is 0. The van der Waals surface area contributed by atoms with Crippen molar-refractivity contribution in [1.29, 1.82) is 0 Å². The minimum Gasteiger partial charge on any atom is -0.399 e. The number of hydrogen-bond acceptors (Lipinski definition) is 2. The van der Waals surface area contributed by atoms with Crippen LogP contribution in [0.4, 0.5) is 5.69 Å². The molecule has 0 aliphatic rings. The van der Waals surface area contributed by atoms with Gasteiger partial charge in [-0.25, -0.2) is 0 Å². The number of anilines is 1. The van der Waals surface area contributed by atoms with Crippen LogP contribution in [0.15, 0.2) is 24.3 Å². The second-order valence-electron chi connectivity index (χ2n) is 4.47. The molecule has 0 fully saturated rings. The molecule has 0 bridgehead atoms. The maximum absolute atomic E-state index is 5.80. The van der Waals surface area contributed by atoms with Gasteiger partial charge in [0.1, 0.15) is 0 Å². The predicted molar refractivity (Wildman–Crippen MR) is 71.3 cm³/mol. The zero-order valence-electron chi connectivity index (χ0n) is 10.7. The van der Waals surface area contributed by atoms with Crippen LogP contribution in [-0.2, 0) is 6.54 Å². The molecule has 0 aromatic heterocycles. The molecule has 0 aliphatic carbocycles. The molecular formula is C14H24N2. The molecule has 0 saturated carbocycles. The van der Waals surface area contributed by atoms with Crippen LogP contribution in [0, 0.1) is 0 Å². The van der Waals surface area contributed by atoms with Crippen molar-refractivity contribution in [2.45, 2.75) is 46.2 Å². The molecule has 2 nitrogen and oxygen atoms in total. The fraction of sp³-hybridized carbons (Fsp3) is 0.571. The third-order valence-corrected chi connectivity index (χ3v) is 3.06. The van der Waals surface area contributed by atoms with Gasteiger partial charge in [0.2, 0.25) is 0 Å². The Labute approximate surface area is 99.5 Å². The molecule has 1 aromatic rings. The Morgan fingerprint density at radius 1 is 1.31 bits per heavy atom. The highest BCUT2D eigenvalue weighted by Gasteiger charge is 2.11. The number of hydrogen-bond donors (Lipinski definition) is 1. The van der Waals surface area contributed by atoms with Crippen LogP contribution in [0.3, 0.4) is 0 Å². The summed E-state index contributed by atoms with van der Waals surface area (Å²) in [6, 6.07) is 8.84. The first kappa shape index (κ1) is 13.0. The van der Waals surface area contributed by atoms with E-state index in [0.717, 1.165) is 18.8 Å². The lowest BCUT2D eigenvalue weighted by Gasteiger charge is -2.28. The maximum Gasteiger partial charge on any atom is 0.0317 e. The van der Waals surface area contributed by atoms with E-state index in [1.54, 1.807) is 0 Å². The lowest BCUT2D eigenvalue weighted by molar-refractivity contribution is 0.195. The van der Waals surface area contributed by atoms with Gasteiger partial charge in [0, 0.05) is 18.3 Å². The second kappa shape index (κ2) is 6.54. The predicted octanol–water partition coefficient (Wildman–Crippen LogP) is 3.28. The zero-order valence-corrected chi connectivity index (χ0v) is 10.7. The summed E-state index contributed by atoms with van der Waals surface area (Å²) in [5.74, 6) is 0. The Morgan fingerprint density at radius 2 is 2.06 bits per heavy atom. The third kappa shape index (κ3) is 3.86. The van der Waals surface area contributed by atoms with Gasteiger partial charge in [-0.05, 0) is 44.0 Å². The van der Waals surface area contributed by atoms with E-state index in [0.29, 0.717) is 6.04 Å². The van der Waals surface area contributed by atoms with Gasteiger partial charge in [0.15, 0.2) is 0 Å². The van der Waals surface area contributed by atoms with Crippen molar-refractivity contribution in [2.75, 3.05) is 12.3 Å². The van der Waals surface area contributed by atoms with E-state index < -0.39 is 0 Å². The first-order valence-electron chi connectivity index (χ1n) is 6.25. The van der Waals surface area contributed by atoms with Crippen molar-refractivity contribution in [1.82, 2.24) is 4.90 Å². The van der Waals surface area contributed by atoms with Gasteiger partial charge in [0.05, 0.1) is 0 Å². The summed E-state index contributed by atoms with van der Waals surface area (Å²) in [6.07, 6.45) is 2.40. The SMILES string of the molecule is CCCN(Cc1cccc(N)c1)C(C)CC. The van der Waals surface area contributed by atoms with Gasteiger partial charge in [-0.15, -0.1) is 0 Å². The normalized spacial score (nSPS) is 13.0. The molecule has 0 saturated heterocycles. The van der Waals surface area contributed by atoms with Crippen molar-refractivity contribution in [3.05, 3.63) is 29.8 Å². The summed E-state index contributed by atoms with van der Waals surface area (Å²) in [6.45, 7) is 8.93. The van der Waals surface area contributed by atoms with E-state index in [-0.39, 0.29) is 0 Å². The molecule has 2 N–H and O–H groups in total. The van der Waals surface area contributed by atoms with E-state index >= 15 is 0 Å². The third-order valence-electron chi connectivity index (χ3n) is 3.06. The molecule has 1 unspecified atom stereocenters. The van der Waals surface area contributed by atoms with Crippen LogP contribution in [0.5, 0.6) is 0 Å². The van der Waals surface area contributed by atoms with E-state index in [4.69, 9.17) is 5.73 Å². The fourth-order valence-electron chi connectivity index (χ4n) is 1.93. The fourth-order valence-corrected chi connectivity index (χ4v) is 1.93. The molecule has 2 heteroatoms. The first-order chi connectivity index (χ1) is 7.67. The quantitative estimate of drug-likeness (QED) is 0.745. The number of nitrogens with zero attached hydrogens (tertiary/aromatic N) is 1. The van der Waals surface area contributed by atoms with Crippen molar-refractivity contribution < 1.29 is 0 Å². The molecule has 0 radical (unpaired) electrons. The molecule has 0 aliphatic heterocycles. The van der Waals surface area contributed by atoms with Gasteiger partial charge in [-0.2, -0.15) is 0 Å². The number of benzene rings is 1. The van der Waals surface area contributed by atoms with Crippen LogP contribution < -0.4 is 5.73 Å². The monoisotopic (exact) mass is 220 g/mol. The Bertz CT molecular complexity index is 309. The number of nitrogens with two attached hydrogens (primary N) is 1. The van der Waals surface area contributed by atoms with Gasteiger partial charge in [0.25, 0.3) is 0 Å². The Balaban J connectivity index is 2.67. The molecule has 1 rings (SSSR count). The highest BCUT2D eigenvalue weighted by molar-refractivity contribution is 5.40. The standard InChI is InChI=1S/C14H24N2/c1-4-9-16(12(3)5-2)11-13-7-6-8-14(15)10-13/h6-8,10,12H,4-5,9,11,15H2,1-3H3. The average molecular weight is 220 g/mol. The minimum absolute atomic E-state index is 0.640. The van der Waals surface area contributed by atoms with Gasteiger partial charge >= 0.3 is 0 Å². The average Bonchev–Trinajstić information content (AvgIpc) is 2.27. The molecule has 1 atom stereocenters. The summed E-state index contributed by atoms with van der Waals surface area (Å²) < 4.78 is 0. The van der Waals surface area contributed by atoms with Crippen LogP contribution in [0.25, 0.3) is 0 Å². The van der Waals surface area contributed by atoms with Crippen LogP contribution in [0.2, 0.25) is 0 Å². The first-order valence-corrected chi connectivity index (χ1v) is 6.25. The molecule has 16 heavy (non-hydrogen) atoms. The minimum atomic E-state index is 0.640. The molecule has 0 amide bonds. The lowest BCUT2D eigenvalue weighted by atomic mass is 10.1. The summed E-state index contributed by atoms with van der Waals surface area (Å²) in [5, 5.41) is 0. The van der Waals surface area contributed by atoms with Gasteiger partial charge in [-0.3, -0.25) is 4.90 Å². The molecular weight excluding hydrogens is 196 g/mol. The highest BCUT2D eigenvalue weighted by Crippen LogP contribution is 2.13. The lowest BCUT2D eigenvalue weighted by Crippen LogP contribution is -2.32. The van der Waals surface area contributed by atoms with E-state index in [1.165, 1.54) is 18.4 Å². The van der Waals surface area contributed by atoms with E-state index in [2.05, 4.69) is 37.8 Å². The van der Waals surface area contributed by atoms with E-state index in [1.807, 2.05) is 12.1 Å². The molecule has 1 aromatic carbocycles. The van der Waals surface area contributed by atoms with Crippen molar-refractivity contribution in [2.24, 2.45) is 0 Å². The summed E-state index contributed by atoms with van der Waals surface area (Å²) >= 11 is 0. The summed E-state index contributed by atoms with van der Waals surface area (Å²) in [5.41, 5.74) is 7.97. The molecule has 90 valence electrons. The largest absolute Gasteiger partial charge is 0.399 e. The maximum atomic E-state index is 5.80. The van der Waals surface area contributed by atoms with Gasteiger partial charge < -0.3 is 5.73 Å². The van der Waals surface area contributed by atoms with Crippen molar-refractivity contribution >= 4 is 5.69 Å². The highest BCUT2D eigenvalue weighted by atomic mass is 15.1. The number of nitrogen functional groups attached to an aromatic ring is 1. The van der Waals surface area contributed by atoms with E-state index in [9.17, 15) is 0 Å². The van der Waals surface area contributed by atoms with Crippen molar-refractivity contribution in [3.63, 3.8) is 0 Å². The molecule has 0 heterocycles. The molecule has 0 spiro atoms. The van der Waals surface area contributed by atoms with Crippen LogP contribution >= 0.6 is 0 Å². The Hall–Kier alpha value is -1.02. The summed E-state index contributed by atoms with van der Waals surface area (Å²) in [4.78, 5) is 2.52. The Morgan fingerprint density at radius 3 is 2.62 bits per heavy atom. The topological polar surface area (TPSA) is 29.3 Å². The van der Waals surface area contributed by atoms with Gasteiger partial charge in [-0.1, -0.05) is 26.0 Å². The number of rotatable bonds is 6.